The Kier molecular flexibility index (Phi) is 6.00. The van der Waals surface area contributed by atoms with Gasteiger partial charge in [-0.1, -0.05) is 140 Å². The zero-order valence-electron chi connectivity index (χ0n) is 24.2. The van der Waals surface area contributed by atoms with Crippen LogP contribution in [0.15, 0.2) is 152 Å². The lowest BCUT2D eigenvalue weighted by molar-refractivity contribution is 1.07. The highest BCUT2D eigenvalue weighted by molar-refractivity contribution is 7.26. The van der Waals surface area contributed by atoms with Crippen molar-refractivity contribution in [2.75, 3.05) is 0 Å². The van der Waals surface area contributed by atoms with Gasteiger partial charge in [-0.25, -0.2) is 15.0 Å². The van der Waals surface area contributed by atoms with E-state index >= 15 is 0 Å². The molecule has 0 saturated heterocycles. The van der Waals surface area contributed by atoms with E-state index in [1.165, 1.54) is 47.3 Å². The first-order chi connectivity index (χ1) is 22.3. The van der Waals surface area contributed by atoms with Crippen LogP contribution in [-0.4, -0.2) is 15.0 Å². The average molecular weight is 592 g/mol. The maximum Gasteiger partial charge on any atom is 0.164 e. The van der Waals surface area contributed by atoms with Gasteiger partial charge < -0.3 is 0 Å². The normalized spacial score (nSPS) is 11.6. The summed E-state index contributed by atoms with van der Waals surface area (Å²) in [5, 5.41) is 7.57. The molecular formula is C41H25N3S. The van der Waals surface area contributed by atoms with Crippen molar-refractivity contribution in [3.8, 4) is 45.3 Å². The Labute approximate surface area is 264 Å². The Morgan fingerprint density at radius 1 is 0.333 bits per heavy atom. The summed E-state index contributed by atoms with van der Waals surface area (Å²) in [5.41, 5.74) is 5.24. The highest BCUT2D eigenvalue weighted by Crippen LogP contribution is 2.40. The van der Waals surface area contributed by atoms with Gasteiger partial charge in [-0.15, -0.1) is 11.3 Å². The highest BCUT2D eigenvalue weighted by Gasteiger charge is 2.15. The molecule has 0 aliphatic heterocycles. The van der Waals surface area contributed by atoms with Gasteiger partial charge in [0.15, 0.2) is 17.5 Å². The number of fused-ring (bicyclic) bond motifs is 6. The van der Waals surface area contributed by atoms with Crippen LogP contribution < -0.4 is 0 Å². The molecular weight excluding hydrogens is 567 g/mol. The summed E-state index contributed by atoms with van der Waals surface area (Å²) in [5.74, 6) is 1.99. The van der Waals surface area contributed by atoms with E-state index in [0.717, 1.165) is 22.3 Å². The van der Waals surface area contributed by atoms with Crippen LogP contribution >= 0.6 is 11.3 Å². The Bertz CT molecular complexity index is 2530. The first-order valence-electron chi connectivity index (χ1n) is 15.0. The van der Waals surface area contributed by atoms with Crippen LogP contribution in [0.2, 0.25) is 0 Å². The van der Waals surface area contributed by atoms with Crippen LogP contribution in [0, 0.1) is 0 Å². The van der Waals surface area contributed by atoms with E-state index < -0.39 is 0 Å². The van der Waals surface area contributed by atoms with E-state index in [0.29, 0.717) is 17.5 Å². The smallest absolute Gasteiger partial charge is 0.164 e. The molecule has 0 fully saturated rings. The van der Waals surface area contributed by atoms with Gasteiger partial charge in [0.2, 0.25) is 0 Å². The molecule has 45 heavy (non-hydrogen) atoms. The second-order valence-corrected chi connectivity index (χ2v) is 12.3. The number of thiophene rings is 1. The molecule has 0 aliphatic carbocycles. The van der Waals surface area contributed by atoms with Gasteiger partial charge in [0.25, 0.3) is 0 Å². The maximum atomic E-state index is 5.04. The summed E-state index contributed by atoms with van der Waals surface area (Å²) in [6.45, 7) is 0. The zero-order valence-corrected chi connectivity index (χ0v) is 25.0. The molecule has 2 aromatic heterocycles. The minimum atomic E-state index is 0.659. The largest absolute Gasteiger partial charge is 0.208 e. The average Bonchev–Trinajstić information content (AvgIpc) is 3.50. The summed E-state index contributed by atoms with van der Waals surface area (Å²) >= 11 is 1.83. The van der Waals surface area contributed by atoms with Crippen molar-refractivity contribution >= 4 is 53.1 Å². The van der Waals surface area contributed by atoms with E-state index in [1.54, 1.807) is 0 Å². The zero-order chi connectivity index (χ0) is 29.7. The van der Waals surface area contributed by atoms with Crippen LogP contribution in [-0.2, 0) is 0 Å². The molecule has 4 heteroatoms. The molecule has 0 radical (unpaired) electrons. The maximum absolute atomic E-state index is 5.04. The summed E-state index contributed by atoms with van der Waals surface area (Å²) in [7, 11) is 0. The summed E-state index contributed by atoms with van der Waals surface area (Å²) in [6.07, 6.45) is 0. The molecule has 7 aromatic carbocycles. The quantitative estimate of drug-likeness (QED) is 0.204. The minimum absolute atomic E-state index is 0.659. The topological polar surface area (TPSA) is 38.7 Å². The van der Waals surface area contributed by atoms with Gasteiger partial charge in [-0.2, -0.15) is 0 Å². The summed E-state index contributed by atoms with van der Waals surface area (Å²) in [4.78, 5) is 15.0. The molecule has 3 nitrogen and oxygen atoms in total. The fourth-order valence-electron chi connectivity index (χ4n) is 6.17. The number of aromatic nitrogens is 3. The molecule has 9 rings (SSSR count). The van der Waals surface area contributed by atoms with Crippen molar-refractivity contribution in [2.24, 2.45) is 0 Å². The predicted molar refractivity (Wildman–Crippen MR) is 189 cm³/mol. The standard InChI is InChI=1S/C41H25N3S/c1-2-10-29(11-3-1)39-42-40(30-17-14-27(15-18-30)32-19-16-26-8-4-5-12-31(26)24-32)44-41(43-39)33-21-22-35-36-23-20-28-9-6-7-13-34(28)38(36)45-37(35)25-33/h1-25H. The van der Waals surface area contributed by atoms with Crippen molar-refractivity contribution in [1.82, 2.24) is 15.0 Å². The van der Waals surface area contributed by atoms with Gasteiger partial charge in [0.1, 0.15) is 0 Å². The van der Waals surface area contributed by atoms with Crippen molar-refractivity contribution in [1.29, 1.82) is 0 Å². The molecule has 0 unspecified atom stereocenters. The fourth-order valence-corrected chi connectivity index (χ4v) is 7.45. The number of hydrogen-bond acceptors (Lipinski definition) is 4. The van der Waals surface area contributed by atoms with Crippen molar-refractivity contribution < 1.29 is 0 Å². The lowest BCUT2D eigenvalue weighted by Crippen LogP contribution is -2.00. The Morgan fingerprint density at radius 2 is 0.889 bits per heavy atom. The van der Waals surface area contributed by atoms with Crippen molar-refractivity contribution in [2.45, 2.75) is 0 Å². The molecule has 0 amide bonds. The number of nitrogens with zero attached hydrogens (tertiary/aromatic N) is 3. The number of rotatable bonds is 4. The van der Waals surface area contributed by atoms with Crippen LogP contribution in [0.1, 0.15) is 0 Å². The minimum Gasteiger partial charge on any atom is -0.208 e. The van der Waals surface area contributed by atoms with Gasteiger partial charge in [-0.3, -0.25) is 0 Å². The predicted octanol–water partition coefficient (Wildman–Crippen LogP) is 11.2. The van der Waals surface area contributed by atoms with Crippen molar-refractivity contribution in [3.05, 3.63) is 152 Å². The lowest BCUT2D eigenvalue weighted by atomic mass is 10.00. The van der Waals surface area contributed by atoms with E-state index in [-0.39, 0.29) is 0 Å². The van der Waals surface area contributed by atoms with Crippen LogP contribution in [0.4, 0.5) is 0 Å². The second-order valence-electron chi connectivity index (χ2n) is 11.3. The van der Waals surface area contributed by atoms with Crippen LogP contribution in [0.25, 0.3) is 87.0 Å². The van der Waals surface area contributed by atoms with Crippen LogP contribution in [0.3, 0.4) is 0 Å². The molecule has 2 heterocycles. The third-order valence-electron chi connectivity index (χ3n) is 8.51. The number of hydrogen-bond donors (Lipinski definition) is 0. The number of benzene rings is 7. The monoisotopic (exact) mass is 591 g/mol. The van der Waals surface area contributed by atoms with Crippen LogP contribution in [0.5, 0.6) is 0 Å². The Balaban J connectivity index is 1.16. The van der Waals surface area contributed by atoms with Gasteiger partial charge in [-0.05, 0) is 44.8 Å². The van der Waals surface area contributed by atoms with Crippen molar-refractivity contribution in [3.63, 3.8) is 0 Å². The van der Waals surface area contributed by atoms with Gasteiger partial charge >= 0.3 is 0 Å². The highest BCUT2D eigenvalue weighted by atomic mass is 32.1. The van der Waals surface area contributed by atoms with Gasteiger partial charge in [0.05, 0.1) is 0 Å². The molecule has 0 N–H and O–H groups in total. The third-order valence-corrected chi connectivity index (χ3v) is 9.72. The van der Waals surface area contributed by atoms with Gasteiger partial charge in [0, 0.05) is 36.9 Å². The first kappa shape index (κ1) is 25.8. The second kappa shape index (κ2) is 10.5. The molecule has 9 aromatic rings. The summed E-state index contributed by atoms with van der Waals surface area (Å²) < 4.78 is 2.54. The van der Waals surface area contributed by atoms with E-state index in [2.05, 4.69) is 121 Å². The molecule has 0 aliphatic rings. The molecule has 0 bridgehead atoms. The first-order valence-corrected chi connectivity index (χ1v) is 15.8. The SMILES string of the molecule is c1ccc(-c2nc(-c3ccc(-c4ccc5ccccc5c4)cc3)nc(-c3ccc4c(c3)sc3c5ccccc5ccc43)n2)cc1. The van der Waals surface area contributed by atoms with E-state index in [9.17, 15) is 0 Å². The van der Waals surface area contributed by atoms with E-state index in [4.69, 9.17) is 15.0 Å². The Morgan fingerprint density at radius 3 is 1.69 bits per heavy atom. The molecule has 0 atom stereocenters. The van der Waals surface area contributed by atoms with E-state index in [1.807, 2.05) is 41.7 Å². The lowest BCUT2D eigenvalue weighted by Gasteiger charge is -2.09. The summed E-state index contributed by atoms with van der Waals surface area (Å²) in [6, 6.07) is 53.4. The Hall–Kier alpha value is -5.71. The molecule has 0 spiro atoms. The third kappa shape index (κ3) is 4.55. The molecule has 210 valence electrons. The fraction of sp³-hybridized carbons (Fsp3) is 0. The molecule has 0 saturated carbocycles.